The van der Waals surface area contributed by atoms with Crippen LogP contribution in [0.15, 0.2) is 18.6 Å². The van der Waals surface area contributed by atoms with Crippen LogP contribution in [0.2, 0.25) is 0 Å². The van der Waals surface area contributed by atoms with Gasteiger partial charge in [0, 0.05) is 45.5 Å². The summed E-state index contributed by atoms with van der Waals surface area (Å²) in [5, 5.41) is 0. The SMILES string of the molecule is CN(C)C(=O)c1cncc(-c2cn(CC3CCOCC3)c(C(C)(C)C)n2)n1. The molecule has 0 bridgehead atoms. The van der Waals surface area contributed by atoms with Crippen molar-refractivity contribution in [3.05, 3.63) is 30.1 Å². The Morgan fingerprint density at radius 2 is 1.89 bits per heavy atom. The van der Waals surface area contributed by atoms with Gasteiger partial charge in [-0.15, -0.1) is 0 Å². The summed E-state index contributed by atoms with van der Waals surface area (Å²) in [7, 11) is 3.41. The van der Waals surface area contributed by atoms with Gasteiger partial charge in [0.05, 0.1) is 12.4 Å². The van der Waals surface area contributed by atoms with E-state index in [0.717, 1.165) is 44.1 Å². The summed E-state index contributed by atoms with van der Waals surface area (Å²) < 4.78 is 7.73. The third kappa shape index (κ3) is 4.53. The van der Waals surface area contributed by atoms with Crippen LogP contribution in [0, 0.1) is 5.92 Å². The van der Waals surface area contributed by atoms with Crippen LogP contribution in [0.4, 0.5) is 0 Å². The van der Waals surface area contributed by atoms with Gasteiger partial charge >= 0.3 is 0 Å². The highest BCUT2D eigenvalue weighted by atomic mass is 16.5. The third-order valence-electron chi connectivity index (χ3n) is 4.77. The third-order valence-corrected chi connectivity index (χ3v) is 4.77. The molecule has 1 amide bonds. The molecule has 2 aromatic rings. The molecule has 1 saturated heterocycles. The number of rotatable bonds is 4. The van der Waals surface area contributed by atoms with Crippen molar-refractivity contribution < 1.29 is 9.53 Å². The van der Waals surface area contributed by atoms with Crippen molar-refractivity contribution in [2.75, 3.05) is 27.3 Å². The maximum atomic E-state index is 12.2. The molecule has 0 N–H and O–H groups in total. The van der Waals surface area contributed by atoms with Crippen LogP contribution >= 0.6 is 0 Å². The lowest BCUT2D eigenvalue weighted by molar-refractivity contribution is 0.0607. The molecule has 3 heterocycles. The van der Waals surface area contributed by atoms with Gasteiger partial charge in [0.25, 0.3) is 5.91 Å². The highest BCUT2D eigenvalue weighted by Gasteiger charge is 2.25. The number of hydrogen-bond donors (Lipinski definition) is 0. The Morgan fingerprint density at radius 1 is 1.19 bits per heavy atom. The number of amides is 1. The predicted molar refractivity (Wildman–Crippen MR) is 104 cm³/mol. The molecule has 0 spiro atoms. The first-order valence-electron chi connectivity index (χ1n) is 9.45. The van der Waals surface area contributed by atoms with Crippen LogP contribution in [0.1, 0.15) is 49.9 Å². The minimum absolute atomic E-state index is 0.0894. The van der Waals surface area contributed by atoms with E-state index in [4.69, 9.17) is 9.72 Å². The lowest BCUT2D eigenvalue weighted by Gasteiger charge is -2.25. The number of aromatic nitrogens is 4. The van der Waals surface area contributed by atoms with E-state index >= 15 is 0 Å². The van der Waals surface area contributed by atoms with E-state index in [1.165, 1.54) is 11.1 Å². The van der Waals surface area contributed by atoms with Gasteiger partial charge in [-0.25, -0.2) is 9.97 Å². The fourth-order valence-corrected chi connectivity index (χ4v) is 3.31. The van der Waals surface area contributed by atoms with Gasteiger partial charge in [-0.1, -0.05) is 20.8 Å². The van der Waals surface area contributed by atoms with Gasteiger partial charge in [0.15, 0.2) is 0 Å². The normalized spacial score (nSPS) is 15.7. The van der Waals surface area contributed by atoms with Gasteiger partial charge in [0.2, 0.25) is 0 Å². The standard InChI is InChI=1S/C20H29N5O2/c1-20(2,3)19-23-17(13-25(19)12-14-6-8-27-9-7-14)15-10-21-11-16(22-15)18(26)24(4)5/h10-11,13-14H,6-9,12H2,1-5H3. The minimum atomic E-state index is -0.165. The molecular formula is C20H29N5O2. The van der Waals surface area contributed by atoms with Gasteiger partial charge in [-0.05, 0) is 18.8 Å². The number of hydrogen-bond acceptors (Lipinski definition) is 5. The second kappa shape index (κ2) is 7.76. The highest BCUT2D eigenvalue weighted by molar-refractivity contribution is 5.92. The Morgan fingerprint density at radius 3 is 2.52 bits per heavy atom. The lowest BCUT2D eigenvalue weighted by Crippen LogP contribution is -2.24. The highest BCUT2D eigenvalue weighted by Crippen LogP contribution is 2.28. The van der Waals surface area contributed by atoms with Crippen LogP contribution in [-0.4, -0.2) is 57.6 Å². The minimum Gasteiger partial charge on any atom is -0.381 e. The van der Waals surface area contributed by atoms with Crippen molar-refractivity contribution in [1.82, 2.24) is 24.4 Å². The molecule has 146 valence electrons. The van der Waals surface area contributed by atoms with E-state index in [-0.39, 0.29) is 11.3 Å². The Hall–Kier alpha value is -2.28. The zero-order valence-corrected chi connectivity index (χ0v) is 16.9. The number of nitrogens with zero attached hydrogens (tertiary/aromatic N) is 5. The summed E-state index contributed by atoms with van der Waals surface area (Å²) in [6, 6.07) is 0. The molecule has 1 aliphatic rings. The number of carbonyl (C=O) groups is 1. The molecule has 0 radical (unpaired) electrons. The smallest absolute Gasteiger partial charge is 0.273 e. The quantitative estimate of drug-likeness (QED) is 0.826. The lowest BCUT2D eigenvalue weighted by atomic mass is 9.94. The molecule has 0 aliphatic carbocycles. The Kier molecular flexibility index (Phi) is 5.60. The van der Waals surface area contributed by atoms with Crippen molar-refractivity contribution in [3.8, 4) is 11.4 Å². The first kappa shape index (κ1) is 19.5. The van der Waals surface area contributed by atoms with Crippen molar-refractivity contribution in [1.29, 1.82) is 0 Å². The topological polar surface area (TPSA) is 73.1 Å². The van der Waals surface area contributed by atoms with E-state index in [0.29, 0.717) is 17.3 Å². The molecule has 2 aromatic heterocycles. The number of imidazole rings is 1. The van der Waals surface area contributed by atoms with Crippen LogP contribution in [0.3, 0.4) is 0 Å². The summed E-state index contributed by atoms with van der Waals surface area (Å²) in [5.41, 5.74) is 1.62. The predicted octanol–water partition coefficient (Wildman–Crippen LogP) is 2.77. The van der Waals surface area contributed by atoms with E-state index in [1.807, 2.05) is 6.20 Å². The second-order valence-electron chi connectivity index (χ2n) is 8.40. The summed E-state index contributed by atoms with van der Waals surface area (Å²) >= 11 is 0. The van der Waals surface area contributed by atoms with E-state index < -0.39 is 0 Å². The summed E-state index contributed by atoms with van der Waals surface area (Å²) in [6.45, 7) is 9.08. The van der Waals surface area contributed by atoms with Crippen LogP contribution in [0.5, 0.6) is 0 Å². The van der Waals surface area contributed by atoms with Crippen LogP contribution in [-0.2, 0) is 16.7 Å². The van der Waals surface area contributed by atoms with Crippen LogP contribution in [0.25, 0.3) is 11.4 Å². The average molecular weight is 371 g/mol. The van der Waals surface area contributed by atoms with Crippen LogP contribution < -0.4 is 0 Å². The Labute approximate surface area is 160 Å². The molecule has 0 saturated carbocycles. The second-order valence-corrected chi connectivity index (χ2v) is 8.40. The molecule has 7 nitrogen and oxygen atoms in total. The van der Waals surface area contributed by atoms with Gasteiger partial charge in [-0.3, -0.25) is 9.78 Å². The summed E-state index contributed by atoms with van der Waals surface area (Å²) in [6.07, 6.45) is 7.35. The van der Waals surface area contributed by atoms with Gasteiger partial charge in [-0.2, -0.15) is 0 Å². The molecule has 27 heavy (non-hydrogen) atoms. The van der Waals surface area contributed by atoms with Crippen molar-refractivity contribution >= 4 is 5.91 Å². The molecule has 0 aromatic carbocycles. The zero-order chi connectivity index (χ0) is 19.6. The summed E-state index contributed by atoms with van der Waals surface area (Å²) in [4.78, 5) is 27.3. The first-order chi connectivity index (χ1) is 12.8. The summed E-state index contributed by atoms with van der Waals surface area (Å²) in [5.74, 6) is 1.45. The number of ether oxygens (including phenoxy) is 1. The molecule has 1 fully saturated rings. The average Bonchev–Trinajstić information content (AvgIpc) is 3.06. The fraction of sp³-hybridized carbons (Fsp3) is 0.600. The van der Waals surface area contributed by atoms with E-state index in [2.05, 4.69) is 35.3 Å². The van der Waals surface area contributed by atoms with Crippen molar-refractivity contribution in [3.63, 3.8) is 0 Å². The molecule has 0 atom stereocenters. The number of carbonyl (C=O) groups excluding carboxylic acids is 1. The molecule has 7 heteroatoms. The van der Waals surface area contributed by atoms with Gasteiger partial charge in [0.1, 0.15) is 22.9 Å². The zero-order valence-electron chi connectivity index (χ0n) is 16.9. The Balaban J connectivity index is 1.94. The molecular weight excluding hydrogens is 342 g/mol. The first-order valence-corrected chi connectivity index (χ1v) is 9.45. The molecule has 0 unspecified atom stereocenters. The Bertz CT molecular complexity index is 801. The van der Waals surface area contributed by atoms with Gasteiger partial charge < -0.3 is 14.2 Å². The molecule has 3 rings (SSSR count). The fourth-order valence-electron chi connectivity index (χ4n) is 3.31. The maximum absolute atomic E-state index is 12.2. The largest absolute Gasteiger partial charge is 0.381 e. The van der Waals surface area contributed by atoms with Crippen molar-refractivity contribution in [2.45, 2.75) is 45.6 Å². The van der Waals surface area contributed by atoms with Crippen molar-refractivity contribution in [2.24, 2.45) is 5.92 Å². The maximum Gasteiger partial charge on any atom is 0.273 e. The molecule has 1 aliphatic heterocycles. The van der Waals surface area contributed by atoms with E-state index in [1.54, 1.807) is 20.3 Å². The van der Waals surface area contributed by atoms with E-state index in [9.17, 15) is 4.79 Å². The monoisotopic (exact) mass is 371 g/mol.